The van der Waals surface area contributed by atoms with Crippen molar-refractivity contribution in [3.8, 4) is 0 Å². The highest BCUT2D eigenvalue weighted by Crippen LogP contribution is 2.41. The highest BCUT2D eigenvalue weighted by atomic mass is 32.2. The van der Waals surface area contributed by atoms with Gasteiger partial charge in [0.2, 0.25) is 0 Å². The Morgan fingerprint density at radius 1 is 1.56 bits per heavy atom. The Labute approximate surface area is 102 Å². The molecule has 2 atom stereocenters. The molecule has 1 aliphatic rings. The number of hydrogen-bond donors (Lipinski definition) is 1. The Morgan fingerprint density at radius 2 is 2.31 bits per heavy atom. The Hall–Kier alpha value is -0.730. The fraction of sp³-hybridized carbons (Fsp3) is 0.429. The lowest BCUT2D eigenvalue weighted by Gasteiger charge is -2.23. The van der Waals surface area contributed by atoms with Gasteiger partial charge in [-0.05, 0) is 32.0 Å². The highest BCUT2D eigenvalue weighted by Gasteiger charge is 2.28. The minimum atomic E-state index is 0.522. The minimum absolute atomic E-state index is 0.522. The van der Waals surface area contributed by atoms with Gasteiger partial charge in [0.1, 0.15) is 0 Å². The topological polar surface area (TPSA) is 12.0 Å². The van der Waals surface area contributed by atoms with Gasteiger partial charge in [-0.15, -0.1) is 18.3 Å². The molecule has 1 nitrogen and oxygen atoms in total. The number of likely N-dealkylation sites (N-methyl/N-ethyl adjacent to an activating group) is 1. The predicted molar refractivity (Wildman–Crippen MR) is 72.2 cm³/mol. The second kappa shape index (κ2) is 5.07. The number of nitrogens with one attached hydrogen (secondary N) is 1. The maximum atomic E-state index is 4.02. The summed E-state index contributed by atoms with van der Waals surface area (Å²) in [6.45, 7) is 6.13. The number of benzene rings is 1. The number of fused-ring (bicyclic) bond motifs is 1. The van der Waals surface area contributed by atoms with E-state index in [2.05, 4.69) is 50.1 Å². The molecule has 0 radical (unpaired) electrons. The minimum Gasteiger partial charge on any atom is -0.316 e. The Bertz CT molecular complexity index is 386. The Morgan fingerprint density at radius 3 is 3.00 bits per heavy atom. The summed E-state index contributed by atoms with van der Waals surface area (Å²) in [7, 11) is 2.05. The van der Waals surface area contributed by atoms with E-state index in [-0.39, 0.29) is 0 Å². The fourth-order valence-electron chi connectivity index (χ4n) is 2.34. The fourth-order valence-corrected chi connectivity index (χ4v) is 3.67. The lowest BCUT2D eigenvalue weighted by Crippen LogP contribution is -2.32. The first-order chi connectivity index (χ1) is 7.72. The van der Waals surface area contributed by atoms with Gasteiger partial charge in [-0.25, -0.2) is 0 Å². The average Bonchev–Trinajstić information content (AvgIpc) is 2.69. The molecule has 1 N–H and O–H groups in total. The predicted octanol–water partition coefficient (Wildman–Crippen LogP) is 3.43. The summed E-state index contributed by atoms with van der Waals surface area (Å²) < 4.78 is 0. The lowest BCUT2D eigenvalue weighted by atomic mass is 9.90. The zero-order valence-corrected chi connectivity index (χ0v) is 10.8. The van der Waals surface area contributed by atoms with E-state index in [0.717, 1.165) is 6.42 Å². The van der Waals surface area contributed by atoms with Gasteiger partial charge >= 0.3 is 0 Å². The van der Waals surface area contributed by atoms with Crippen LogP contribution in [0.15, 0.2) is 41.3 Å². The van der Waals surface area contributed by atoms with Crippen LogP contribution in [0.5, 0.6) is 0 Å². The van der Waals surface area contributed by atoms with Crippen molar-refractivity contribution in [1.82, 2.24) is 5.32 Å². The second-order valence-electron chi connectivity index (χ2n) is 4.51. The molecule has 0 aliphatic carbocycles. The molecule has 16 heavy (non-hydrogen) atoms. The zero-order chi connectivity index (χ0) is 11.5. The van der Waals surface area contributed by atoms with Crippen molar-refractivity contribution < 1.29 is 0 Å². The molecule has 0 aromatic heterocycles. The molecule has 2 unspecified atom stereocenters. The number of rotatable bonds is 4. The standard InChI is InChI=1S/C14H19NS/c1-10(2)8-13(15-3)12-9-16-14-7-5-4-6-11(12)14/h4-7,12-13,15H,1,8-9H2,2-3H3. The van der Waals surface area contributed by atoms with E-state index < -0.39 is 0 Å². The average molecular weight is 233 g/mol. The molecular weight excluding hydrogens is 214 g/mol. The van der Waals surface area contributed by atoms with Crippen molar-refractivity contribution in [2.24, 2.45) is 0 Å². The normalized spacial score (nSPS) is 20.5. The summed E-state index contributed by atoms with van der Waals surface area (Å²) in [5.41, 5.74) is 2.77. The van der Waals surface area contributed by atoms with E-state index in [1.807, 2.05) is 11.8 Å². The van der Waals surface area contributed by atoms with Gasteiger partial charge in [0.05, 0.1) is 0 Å². The molecule has 86 valence electrons. The van der Waals surface area contributed by atoms with Crippen LogP contribution < -0.4 is 5.32 Å². The Kier molecular flexibility index (Phi) is 3.72. The highest BCUT2D eigenvalue weighted by molar-refractivity contribution is 7.99. The molecule has 1 aliphatic heterocycles. The maximum absolute atomic E-state index is 4.02. The van der Waals surface area contributed by atoms with Crippen LogP contribution in [-0.2, 0) is 0 Å². The molecule has 0 bridgehead atoms. The molecular formula is C14H19NS. The van der Waals surface area contributed by atoms with Gasteiger partial charge in [-0.3, -0.25) is 0 Å². The molecule has 2 rings (SSSR count). The van der Waals surface area contributed by atoms with Crippen LogP contribution in [-0.4, -0.2) is 18.8 Å². The summed E-state index contributed by atoms with van der Waals surface area (Å²) >= 11 is 1.98. The largest absolute Gasteiger partial charge is 0.316 e. The molecule has 2 heteroatoms. The third-order valence-corrected chi connectivity index (χ3v) is 4.37. The van der Waals surface area contributed by atoms with Crippen molar-refractivity contribution >= 4 is 11.8 Å². The molecule has 0 amide bonds. The third-order valence-electron chi connectivity index (χ3n) is 3.16. The number of thioether (sulfide) groups is 1. The van der Waals surface area contributed by atoms with E-state index in [4.69, 9.17) is 0 Å². The van der Waals surface area contributed by atoms with Gasteiger partial charge in [-0.1, -0.05) is 23.8 Å². The van der Waals surface area contributed by atoms with Gasteiger partial charge in [-0.2, -0.15) is 0 Å². The first-order valence-electron chi connectivity index (χ1n) is 5.75. The first-order valence-corrected chi connectivity index (χ1v) is 6.74. The maximum Gasteiger partial charge on any atom is 0.0178 e. The van der Waals surface area contributed by atoms with Crippen LogP contribution in [0.3, 0.4) is 0 Å². The molecule has 1 aromatic carbocycles. The van der Waals surface area contributed by atoms with Gasteiger partial charge < -0.3 is 5.32 Å². The van der Waals surface area contributed by atoms with E-state index in [9.17, 15) is 0 Å². The van der Waals surface area contributed by atoms with Crippen molar-refractivity contribution in [2.75, 3.05) is 12.8 Å². The second-order valence-corrected chi connectivity index (χ2v) is 5.57. The summed E-state index contributed by atoms with van der Waals surface area (Å²) in [4.78, 5) is 1.45. The smallest absolute Gasteiger partial charge is 0.0178 e. The van der Waals surface area contributed by atoms with Crippen LogP contribution in [0.25, 0.3) is 0 Å². The van der Waals surface area contributed by atoms with Crippen molar-refractivity contribution in [1.29, 1.82) is 0 Å². The van der Waals surface area contributed by atoms with E-state index >= 15 is 0 Å². The number of hydrogen-bond acceptors (Lipinski definition) is 2. The quantitative estimate of drug-likeness (QED) is 0.800. The van der Waals surface area contributed by atoms with E-state index in [0.29, 0.717) is 12.0 Å². The molecule has 1 aromatic rings. The van der Waals surface area contributed by atoms with Crippen molar-refractivity contribution in [2.45, 2.75) is 30.2 Å². The van der Waals surface area contributed by atoms with E-state index in [1.54, 1.807) is 0 Å². The summed E-state index contributed by atoms with van der Waals surface area (Å²) in [5, 5.41) is 3.44. The van der Waals surface area contributed by atoms with Crippen molar-refractivity contribution in [3.63, 3.8) is 0 Å². The van der Waals surface area contributed by atoms with Crippen LogP contribution in [0.1, 0.15) is 24.8 Å². The molecule has 1 heterocycles. The SMILES string of the molecule is C=C(C)CC(NC)C1CSc2ccccc21. The van der Waals surface area contributed by atoms with Gasteiger partial charge in [0, 0.05) is 22.6 Å². The zero-order valence-electron chi connectivity index (χ0n) is 9.99. The summed E-state index contributed by atoms with van der Waals surface area (Å²) in [6.07, 6.45) is 1.07. The van der Waals surface area contributed by atoms with Crippen LogP contribution in [0, 0.1) is 0 Å². The summed E-state index contributed by atoms with van der Waals surface area (Å²) in [6, 6.07) is 9.29. The molecule has 0 fully saturated rings. The molecule has 0 saturated carbocycles. The van der Waals surface area contributed by atoms with Crippen molar-refractivity contribution in [3.05, 3.63) is 42.0 Å². The van der Waals surface area contributed by atoms with Crippen LogP contribution >= 0.6 is 11.8 Å². The van der Waals surface area contributed by atoms with Crippen LogP contribution in [0.2, 0.25) is 0 Å². The van der Waals surface area contributed by atoms with E-state index in [1.165, 1.54) is 21.8 Å². The monoisotopic (exact) mass is 233 g/mol. The van der Waals surface area contributed by atoms with Crippen LogP contribution in [0.4, 0.5) is 0 Å². The molecule has 0 saturated heterocycles. The Balaban J connectivity index is 2.19. The summed E-state index contributed by atoms with van der Waals surface area (Å²) in [5.74, 6) is 1.82. The first kappa shape index (κ1) is 11.7. The lowest BCUT2D eigenvalue weighted by molar-refractivity contribution is 0.488. The third kappa shape index (κ3) is 2.33. The molecule has 0 spiro atoms. The van der Waals surface area contributed by atoms with Gasteiger partial charge in [0.15, 0.2) is 0 Å². The van der Waals surface area contributed by atoms with Gasteiger partial charge in [0.25, 0.3) is 0 Å².